The van der Waals surface area contributed by atoms with E-state index in [1.165, 1.54) is 104 Å². The number of nitrogens with zero attached hydrogens (tertiary/aromatic N) is 1. The number of aromatic nitrogens is 1. The lowest BCUT2D eigenvalue weighted by Crippen LogP contribution is -1.87. The van der Waals surface area contributed by atoms with Crippen LogP contribution < -0.4 is 0 Å². The maximum Gasteiger partial charge on any atom is 0.0620 e. The molecule has 1 heteroatoms. The monoisotopic (exact) mass is 609 g/mol. The molecular formula is C47H31N. The van der Waals surface area contributed by atoms with Crippen molar-refractivity contribution in [2.75, 3.05) is 0 Å². The number of hydrogen-bond acceptors (Lipinski definition) is 0. The molecule has 0 amide bonds. The molecule has 1 nitrogen and oxygen atoms in total. The van der Waals surface area contributed by atoms with Gasteiger partial charge < -0.3 is 4.40 Å². The minimum absolute atomic E-state index is 1.23. The number of para-hydroxylation sites is 1. The molecule has 0 saturated heterocycles. The molecule has 2 aromatic heterocycles. The molecule has 10 aromatic rings. The van der Waals surface area contributed by atoms with E-state index < -0.39 is 0 Å². The van der Waals surface area contributed by atoms with E-state index in [9.17, 15) is 0 Å². The molecule has 0 saturated carbocycles. The summed E-state index contributed by atoms with van der Waals surface area (Å²) in [7, 11) is 0. The lowest BCUT2D eigenvalue weighted by atomic mass is 9.93. The summed E-state index contributed by atoms with van der Waals surface area (Å²) in [5.74, 6) is 0. The Bertz CT molecular complexity index is 2970. The van der Waals surface area contributed by atoms with Gasteiger partial charge in [-0.1, -0.05) is 140 Å². The molecule has 0 atom stereocenters. The lowest BCUT2D eigenvalue weighted by molar-refractivity contribution is 1.37. The third kappa shape index (κ3) is 3.73. The third-order valence-corrected chi connectivity index (χ3v) is 10.5. The SMILES string of the molecule is C=C/C=C\c1ccc2cc(-c3cccc4c3c3cccc5c6c(-c7ccc8c(ccc9ccccc98)c7)cccc6n4c35)ccc2c1C. The highest BCUT2D eigenvalue weighted by Gasteiger charge is 2.21. The van der Waals surface area contributed by atoms with Crippen molar-refractivity contribution in [1.29, 1.82) is 0 Å². The first-order chi connectivity index (χ1) is 23.7. The summed E-state index contributed by atoms with van der Waals surface area (Å²) in [6, 6.07) is 51.9. The standard InChI is InChI=1S/C47H31N/c1-3-4-10-30-19-21-32-27-34(23-25-36(32)29(30)2)39-13-8-17-43-45(39)41-15-7-16-42-46-40(14-9-18-44(46)48(43)47(41)42)35-24-26-38-33(28-35)22-20-31-11-5-6-12-37(31)38/h3-28H,1H2,2H3/b10-4-. The van der Waals surface area contributed by atoms with Crippen molar-refractivity contribution >= 4 is 76.5 Å². The molecule has 0 radical (unpaired) electrons. The fourth-order valence-corrected chi connectivity index (χ4v) is 8.26. The predicted octanol–water partition coefficient (Wildman–Crippen LogP) is 13.1. The first kappa shape index (κ1) is 27.0. The Labute approximate surface area is 278 Å². The van der Waals surface area contributed by atoms with E-state index in [0.29, 0.717) is 0 Å². The zero-order valence-corrected chi connectivity index (χ0v) is 26.7. The largest absolute Gasteiger partial charge is 0.308 e. The minimum Gasteiger partial charge on any atom is -0.308 e. The van der Waals surface area contributed by atoms with Crippen molar-refractivity contribution in [2.24, 2.45) is 0 Å². The number of hydrogen-bond donors (Lipinski definition) is 0. The highest BCUT2D eigenvalue weighted by Crippen LogP contribution is 2.45. The van der Waals surface area contributed by atoms with E-state index in [4.69, 9.17) is 0 Å². The minimum atomic E-state index is 1.23. The third-order valence-electron chi connectivity index (χ3n) is 10.5. The van der Waals surface area contributed by atoms with Gasteiger partial charge in [0.25, 0.3) is 0 Å². The Morgan fingerprint density at radius 2 is 1.06 bits per heavy atom. The molecule has 10 rings (SSSR count). The van der Waals surface area contributed by atoms with Gasteiger partial charge in [-0.25, -0.2) is 0 Å². The first-order valence-electron chi connectivity index (χ1n) is 16.6. The summed E-state index contributed by atoms with van der Waals surface area (Å²) in [5.41, 5.74) is 11.3. The molecule has 0 unspecified atom stereocenters. The predicted molar refractivity (Wildman–Crippen MR) is 208 cm³/mol. The number of fused-ring (bicyclic) bond motifs is 10. The van der Waals surface area contributed by atoms with Crippen LogP contribution in [0.1, 0.15) is 11.1 Å². The molecule has 224 valence electrons. The molecule has 0 spiro atoms. The summed E-state index contributed by atoms with van der Waals surface area (Å²) >= 11 is 0. The number of benzene rings is 8. The molecule has 48 heavy (non-hydrogen) atoms. The average Bonchev–Trinajstić information content (AvgIpc) is 3.67. The summed E-state index contributed by atoms with van der Waals surface area (Å²) in [6.07, 6.45) is 5.96. The van der Waals surface area contributed by atoms with Crippen LogP contribution in [0, 0.1) is 6.92 Å². The van der Waals surface area contributed by atoms with E-state index >= 15 is 0 Å². The van der Waals surface area contributed by atoms with E-state index in [1.54, 1.807) is 0 Å². The fourth-order valence-electron chi connectivity index (χ4n) is 8.26. The molecule has 0 bridgehead atoms. The summed E-state index contributed by atoms with van der Waals surface area (Å²) < 4.78 is 2.50. The second-order valence-corrected chi connectivity index (χ2v) is 13.0. The quantitative estimate of drug-likeness (QED) is 0.138. The Hall–Kier alpha value is -6.18. The fraction of sp³-hybridized carbons (Fsp3) is 0.0213. The molecule has 2 heterocycles. The van der Waals surface area contributed by atoms with Crippen LogP contribution in [-0.4, -0.2) is 4.40 Å². The maximum absolute atomic E-state index is 3.83. The van der Waals surface area contributed by atoms with Crippen molar-refractivity contribution < 1.29 is 0 Å². The van der Waals surface area contributed by atoms with Gasteiger partial charge in [0.2, 0.25) is 0 Å². The van der Waals surface area contributed by atoms with Crippen LogP contribution in [0.4, 0.5) is 0 Å². The zero-order chi connectivity index (χ0) is 31.9. The Morgan fingerprint density at radius 3 is 1.77 bits per heavy atom. The summed E-state index contributed by atoms with van der Waals surface area (Å²) in [6.45, 7) is 6.04. The van der Waals surface area contributed by atoms with Gasteiger partial charge in [-0.2, -0.15) is 0 Å². The Kier molecular flexibility index (Phi) is 5.71. The van der Waals surface area contributed by atoms with Crippen LogP contribution in [0.25, 0.3) is 98.7 Å². The van der Waals surface area contributed by atoms with Crippen molar-refractivity contribution in [1.82, 2.24) is 4.40 Å². The van der Waals surface area contributed by atoms with Crippen LogP contribution in [0.15, 0.2) is 158 Å². The number of rotatable bonds is 4. The van der Waals surface area contributed by atoms with Crippen LogP contribution in [0.5, 0.6) is 0 Å². The molecule has 0 aliphatic heterocycles. The van der Waals surface area contributed by atoms with Crippen molar-refractivity contribution in [2.45, 2.75) is 6.92 Å². The van der Waals surface area contributed by atoms with E-state index in [0.717, 1.165) is 0 Å². The van der Waals surface area contributed by atoms with Crippen molar-refractivity contribution in [3.8, 4) is 22.3 Å². The van der Waals surface area contributed by atoms with Crippen LogP contribution in [-0.2, 0) is 0 Å². The van der Waals surface area contributed by atoms with E-state index in [-0.39, 0.29) is 0 Å². The summed E-state index contributed by atoms with van der Waals surface area (Å²) in [4.78, 5) is 0. The second-order valence-electron chi connectivity index (χ2n) is 13.0. The number of allylic oxidation sites excluding steroid dienone is 2. The van der Waals surface area contributed by atoms with Gasteiger partial charge in [0.05, 0.1) is 16.6 Å². The van der Waals surface area contributed by atoms with Gasteiger partial charge in [0.1, 0.15) is 0 Å². The summed E-state index contributed by atoms with van der Waals surface area (Å²) in [5, 5.41) is 12.9. The lowest BCUT2D eigenvalue weighted by Gasteiger charge is -2.11. The zero-order valence-electron chi connectivity index (χ0n) is 26.7. The van der Waals surface area contributed by atoms with Crippen LogP contribution in [0.2, 0.25) is 0 Å². The first-order valence-corrected chi connectivity index (χ1v) is 16.6. The Balaban J connectivity index is 1.19. The van der Waals surface area contributed by atoms with Crippen molar-refractivity contribution in [3.05, 3.63) is 169 Å². The smallest absolute Gasteiger partial charge is 0.0620 e. The van der Waals surface area contributed by atoms with Crippen molar-refractivity contribution in [3.63, 3.8) is 0 Å². The van der Waals surface area contributed by atoms with Gasteiger partial charge in [-0.15, -0.1) is 0 Å². The van der Waals surface area contributed by atoms with Gasteiger partial charge in [0.15, 0.2) is 0 Å². The molecule has 0 N–H and O–H groups in total. The highest BCUT2D eigenvalue weighted by atomic mass is 14.9. The van der Waals surface area contributed by atoms with Crippen LogP contribution in [0.3, 0.4) is 0 Å². The van der Waals surface area contributed by atoms with Gasteiger partial charge >= 0.3 is 0 Å². The number of aryl methyl sites for hydroxylation is 1. The van der Waals surface area contributed by atoms with Crippen LogP contribution >= 0.6 is 0 Å². The highest BCUT2D eigenvalue weighted by molar-refractivity contribution is 6.28. The topological polar surface area (TPSA) is 4.41 Å². The molecule has 0 fully saturated rings. The average molecular weight is 610 g/mol. The second kappa shape index (κ2) is 10.2. The molecule has 0 aliphatic rings. The molecular weight excluding hydrogens is 579 g/mol. The van der Waals surface area contributed by atoms with Gasteiger partial charge in [0, 0.05) is 21.5 Å². The van der Waals surface area contributed by atoms with E-state index in [2.05, 4.69) is 164 Å². The maximum atomic E-state index is 3.83. The molecule has 0 aliphatic carbocycles. The van der Waals surface area contributed by atoms with E-state index in [1.807, 2.05) is 12.2 Å². The Morgan fingerprint density at radius 1 is 0.500 bits per heavy atom. The van der Waals surface area contributed by atoms with Gasteiger partial charge in [-0.05, 0) is 96.9 Å². The molecule has 8 aromatic carbocycles. The van der Waals surface area contributed by atoms with Gasteiger partial charge in [-0.3, -0.25) is 0 Å². The normalized spacial score (nSPS) is 12.3.